The van der Waals surface area contributed by atoms with Crippen molar-refractivity contribution in [3.63, 3.8) is 0 Å². The van der Waals surface area contributed by atoms with Crippen LogP contribution in [0.2, 0.25) is 0 Å². The van der Waals surface area contributed by atoms with Gasteiger partial charge >= 0.3 is 0 Å². The molecule has 0 saturated carbocycles. The van der Waals surface area contributed by atoms with Gasteiger partial charge in [-0.2, -0.15) is 0 Å². The summed E-state index contributed by atoms with van der Waals surface area (Å²) < 4.78 is 14.2. The van der Waals surface area contributed by atoms with E-state index in [-0.39, 0.29) is 23.2 Å². The van der Waals surface area contributed by atoms with Gasteiger partial charge in [-0.15, -0.1) is 0 Å². The quantitative estimate of drug-likeness (QED) is 0.451. The highest BCUT2D eigenvalue weighted by Crippen LogP contribution is 2.51. The number of pyridine rings is 1. The molecule has 1 aromatic carbocycles. The molecule has 5 rings (SSSR count). The summed E-state index contributed by atoms with van der Waals surface area (Å²) >= 11 is 1.17. The average molecular weight is 518 g/mol. The van der Waals surface area contributed by atoms with E-state index in [0.29, 0.717) is 16.5 Å². The molecule has 1 atom stereocenters. The van der Waals surface area contributed by atoms with Crippen molar-refractivity contribution in [2.45, 2.75) is 42.1 Å². The Balaban J connectivity index is 1.23. The Morgan fingerprint density at radius 1 is 1.24 bits per heavy atom. The lowest BCUT2D eigenvalue weighted by Gasteiger charge is -2.42. The standard InChI is InChI=1S/C27H28FN7OS/c1-2-31-22(36)6-4-17-3-5-18-14-27(25(29)19(18)13-17)8-11-35(12-9-27)21-15-34-23(16-33-21)37-20-7-10-32-26(30)24(20)28/h3,5,7,10,13,15-16,25H,2,8-9,11-12,14,29H2,1H3,(H2,30,32)(H,31,36)/t25-/m1/s1. The number of carbonyl (C=O) groups excluding carboxylic acids is 1. The fourth-order valence-electron chi connectivity index (χ4n) is 5.10. The molecule has 1 aliphatic heterocycles. The van der Waals surface area contributed by atoms with E-state index in [2.05, 4.69) is 43.1 Å². The highest BCUT2D eigenvalue weighted by molar-refractivity contribution is 7.99. The zero-order chi connectivity index (χ0) is 26.0. The molecule has 10 heteroatoms. The highest BCUT2D eigenvalue weighted by atomic mass is 32.2. The SMILES string of the molecule is CCNC(=O)C#Cc1ccc2c(c1)[C@@H](N)C1(CCN(c3cnc(Sc4ccnc(N)c4F)cn3)CC1)C2. The van der Waals surface area contributed by atoms with Gasteiger partial charge in [-0.05, 0) is 60.9 Å². The summed E-state index contributed by atoms with van der Waals surface area (Å²) in [7, 11) is 0. The first kappa shape index (κ1) is 25.0. The number of anilines is 2. The van der Waals surface area contributed by atoms with Gasteiger partial charge in [0.15, 0.2) is 11.6 Å². The predicted molar refractivity (Wildman–Crippen MR) is 141 cm³/mol. The summed E-state index contributed by atoms with van der Waals surface area (Å²) in [6.07, 6.45) is 7.65. The Labute approximate surface area is 219 Å². The van der Waals surface area contributed by atoms with E-state index in [1.807, 2.05) is 19.1 Å². The molecule has 1 spiro atoms. The summed E-state index contributed by atoms with van der Waals surface area (Å²) in [5, 5.41) is 3.27. The van der Waals surface area contributed by atoms with Gasteiger partial charge in [0.1, 0.15) is 10.8 Å². The smallest absolute Gasteiger partial charge is 0.296 e. The van der Waals surface area contributed by atoms with Crippen molar-refractivity contribution in [1.82, 2.24) is 20.3 Å². The maximum absolute atomic E-state index is 14.2. The largest absolute Gasteiger partial charge is 0.381 e. The van der Waals surface area contributed by atoms with Crippen molar-refractivity contribution in [3.05, 3.63) is 65.4 Å². The summed E-state index contributed by atoms with van der Waals surface area (Å²) in [6.45, 7) is 4.06. The molecule has 37 heavy (non-hydrogen) atoms. The number of aromatic nitrogens is 3. The Morgan fingerprint density at radius 2 is 2.05 bits per heavy atom. The van der Waals surface area contributed by atoms with E-state index in [1.165, 1.54) is 23.5 Å². The number of nitrogens with zero attached hydrogens (tertiary/aromatic N) is 4. The van der Waals surface area contributed by atoms with Crippen LogP contribution in [0, 0.1) is 23.1 Å². The summed E-state index contributed by atoms with van der Waals surface area (Å²) in [5.74, 6) is 5.42. The topological polar surface area (TPSA) is 123 Å². The molecular formula is C27H28FN7OS. The first-order valence-electron chi connectivity index (χ1n) is 12.2. The van der Waals surface area contributed by atoms with E-state index in [9.17, 15) is 9.18 Å². The van der Waals surface area contributed by atoms with E-state index in [1.54, 1.807) is 18.5 Å². The number of nitrogens with two attached hydrogens (primary N) is 2. The lowest BCUT2D eigenvalue weighted by molar-refractivity contribution is -0.115. The third-order valence-corrected chi connectivity index (χ3v) is 8.09. The second kappa shape index (κ2) is 10.4. The molecule has 0 radical (unpaired) electrons. The van der Waals surface area contributed by atoms with Crippen molar-refractivity contribution < 1.29 is 9.18 Å². The highest BCUT2D eigenvalue weighted by Gasteiger charge is 2.46. The molecule has 2 aliphatic rings. The Kier molecular flexibility index (Phi) is 7.00. The molecule has 0 unspecified atom stereocenters. The second-order valence-corrected chi connectivity index (χ2v) is 10.4. The minimum atomic E-state index is -0.547. The second-order valence-electron chi connectivity index (χ2n) is 9.35. The molecule has 1 saturated heterocycles. The third-order valence-electron chi connectivity index (χ3n) is 7.13. The number of hydrogen-bond acceptors (Lipinski definition) is 8. The number of carbonyl (C=O) groups is 1. The number of benzene rings is 1. The van der Waals surface area contributed by atoms with Crippen LogP contribution in [-0.4, -0.2) is 40.5 Å². The van der Waals surface area contributed by atoms with Crippen LogP contribution >= 0.6 is 11.8 Å². The maximum atomic E-state index is 14.2. The lowest BCUT2D eigenvalue weighted by Crippen LogP contribution is -2.44. The van der Waals surface area contributed by atoms with Crippen LogP contribution in [-0.2, 0) is 11.2 Å². The van der Waals surface area contributed by atoms with Gasteiger partial charge in [-0.25, -0.2) is 19.3 Å². The molecule has 2 aromatic heterocycles. The summed E-state index contributed by atoms with van der Waals surface area (Å²) in [5.41, 5.74) is 15.5. The number of nitrogen functional groups attached to an aromatic ring is 1. The van der Waals surface area contributed by atoms with Crippen LogP contribution in [0.4, 0.5) is 16.0 Å². The lowest BCUT2D eigenvalue weighted by atomic mass is 9.73. The molecular weight excluding hydrogens is 489 g/mol. The van der Waals surface area contributed by atoms with Gasteiger partial charge in [0.05, 0.1) is 17.3 Å². The maximum Gasteiger partial charge on any atom is 0.296 e. The van der Waals surface area contributed by atoms with Crippen LogP contribution in [0.25, 0.3) is 0 Å². The Morgan fingerprint density at radius 3 is 2.78 bits per heavy atom. The van der Waals surface area contributed by atoms with Gasteiger partial charge < -0.3 is 21.7 Å². The van der Waals surface area contributed by atoms with Crippen LogP contribution in [0.1, 0.15) is 42.5 Å². The van der Waals surface area contributed by atoms with Crippen LogP contribution in [0.3, 0.4) is 0 Å². The average Bonchev–Trinajstić information content (AvgIpc) is 3.17. The molecule has 3 heterocycles. The number of hydrogen-bond donors (Lipinski definition) is 3. The number of rotatable bonds is 4. The van der Waals surface area contributed by atoms with Crippen molar-refractivity contribution in [2.24, 2.45) is 11.1 Å². The molecule has 8 nitrogen and oxygen atoms in total. The van der Waals surface area contributed by atoms with Gasteiger partial charge in [0.25, 0.3) is 5.91 Å². The molecule has 1 aliphatic carbocycles. The normalized spacial score (nSPS) is 17.7. The number of nitrogens with one attached hydrogen (secondary N) is 1. The van der Waals surface area contributed by atoms with Crippen molar-refractivity contribution in [3.8, 4) is 11.8 Å². The predicted octanol–water partition coefficient (Wildman–Crippen LogP) is 3.07. The first-order valence-corrected chi connectivity index (χ1v) is 13.0. The van der Waals surface area contributed by atoms with Crippen LogP contribution in [0.15, 0.2) is 52.8 Å². The minimum absolute atomic E-state index is 0.00745. The van der Waals surface area contributed by atoms with Crippen molar-refractivity contribution >= 4 is 29.3 Å². The number of halogens is 1. The third kappa shape index (κ3) is 5.10. The monoisotopic (exact) mass is 517 g/mol. The van der Waals surface area contributed by atoms with E-state index >= 15 is 0 Å². The van der Waals surface area contributed by atoms with Gasteiger partial charge in [0, 0.05) is 43.4 Å². The molecule has 1 amide bonds. The summed E-state index contributed by atoms with van der Waals surface area (Å²) in [6, 6.07) is 7.59. The van der Waals surface area contributed by atoms with Gasteiger partial charge in [-0.3, -0.25) is 4.79 Å². The van der Waals surface area contributed by atoms with Gasteiger partial charge in [-0.1, -0.05) is 23.7 Å². The first-order chi connectivity index (χ1) is 17.9. The van der Waals surface area contributed by atoms with E-state index < -0.39 is 5.82 Å². The molecule has 3 aromatic rings. The molecule has 0 bridgehead atoms. The molecule has 190 valence electrons. The van der Waals surface area contributed by atoms with Crippen molar-refractivity contribution in [2.75, 3.05) is 30.3 Å². The summed E-state index contributed by atoms with van der Waals surface area (Å²) in [4.78, 5) is 27.1. The fourth-order valence-corrected chi connectivity index (χ4v) is 5.86. The van der Waals surface area contributed by atoms with E-state index in [4.69, 9.17) is 11.5 Å². The zero-order valence-corrected chi connectivity index (χ0v) is 21.3. The van der Waals surface area contributed by atoms with Crippen LogP contribution in [0.5, 0.6) is 0 Å². The number of piperidine rings is 1. The minimum Gasteiger partial charge on any atom is -0.381 e. The number of amides is 1. The Hall–Kier alpha value is -3.68. The molecule has 5 N–H and O–H groups in total. The molecule has 1 fully saturated rings. The number of fused-ring (bicyclic) bond motifs is 1. The fraction of sp³-hybridized carbons (Fsp3) is 0.333. The Bertz CT molecular complexity index is 1380. The van der Waals surface area contributed by atoms with Crippen LogP contribution < -0.4 is 21.7 Å². The van der Waals surface area contributed by atoms with Gasteiger partial charge in [0.2, 0.25) is 0 Å². The van der Waals surface area contributed by atoms with E-state index in [0.717, 1.165) is 49.3 Å². The van der Waals surface area contributed by atoms with Crippen molar-refractivity contribution in [1.29, 1.82) is 0 Å². The zero-order valence-electron chi connectivity index (χ0n) is 20.5.